The molecular formula is C8H21N. The lowest BCUT2D eigenvalue weighted by atomic mass is 10.1. The molecule has 0 radical (unpaired) electrons. The fourth-order valence-electron chi connectivity index (χ4n) is 0.611. The molecule has 0 bridgehead atoms. The van der Waals surface area contributed by atoms with Gasteiger partial charge in [-0.2, -0.15) is 0 Å². The summed E-state index contributed by atoms with van der Waals surface area (Å²) < 4.78 is 0. The SMILES string of the molecule is CC.CCCC(C)CN. The molecule has 0 saturated carbocycles. The molecule has 0 aliphatic heterocycles. The quantitative estimate of drug-likeness (QED) is 0.625. The molecule has 0 amide bonds. The average Bonchev–Trinajstić information content (AvgIpc) is 1.93. The van der Waals surface area contributed by atoms with Crippen molar-refractivity contribution in [2.24, 2.45) is 11.7 Å². The highest BCUT2D eigenvalue weighted by Crippen LogP contribution is 2.00. The smallest absolute Gasteiger partial charge is 0.00515 e. The molecule has 0 aliphatic carbocycles. The van der Waals surface area contributed by atoms with Crippen LogP contribution in [0.15, 0.2) is 0 Å². The zero-order chi connectivity index (χ0) is 7.70. The van der Waals surface area contributed by atoms with E-state index in [9.17, 15) is 0 Å². The Hall–Kier alpha value is -0.0400. The van der Waals surface area contributed by atoms with Gasteiger partial charge in [-0.25, -0.2) is 0 Å². The molecular weight excluding hydrogens is 110 g/mol. The zero-order valence-corrected chi connectivity index (χ0v) is 7.28. The third kappa shape index (κ3) is 11.5. The molecule has 1 nitrogen and oxygen atoms in total. The monoisotopic (exact) mass is 131 g/mol. The second kappa shape index (κ2) is 10.9. The molecule has 58 valence electrons. The summed E-state index contributed by atoms with van der Waals surface area (Å²) >= 11 is 0. The van der Waals surface area contributed by atoms with Crippen LogP contribution in [0.5, 0.6) is 0 Å². The zero-order valence-electron chi connectivity index (χ0n) is 7.28. The Bertz CT molecular complexity index is 35.5. The second-order valence-corrected chi connectivity index (χ2v) is 2.13. The molecule has 0 aliphatic rings. The molecule has 1 heteroatoms. The Balaban J connectivity index is 0. The average molecular weight is 131 g/mol. The van der Waals surface area contributed by atoms with E-state index in [0.29, 0.717) is 0 Å². The van der Waals surface area contributed by atoms with Crippen LogP contribution in [-0.2, 0) is 0 Å². The van der Waals surface area contributed by atoms with E-state index in [-0.39, 0.29) is 0 Å². The molecule has 0 heterocycles. The molecule has 0 saturated heterocycles. The largest absolute Gasteiger partial charge is 0.330 e. The summed E-state index contributed by atoms with van der Waals surface area (Å²) in [7, 11) is 0. The van der Waals surface area contributed by atoms with Gasteiger partial charge in [0.2, 0.25) is 0 Å². The number of hydrogen-bond donors (Lipinski definition) is 1. The van der Waals surface area contributed by atoms with Gasteiger partial charge < -0.3 is 5.73 Å². The van der Waals surface area contributed by atoms with E-state index in [1.165, 1.54) is 12.8 Å². The Morgan fingerprint density at radius 3 is 1.89 bits per heavy atom. The summed E-state index contributed by atoms with van der Waals surface area (Å²) in [5.74, 6) is 0.727. The van der Waals surface area contributed by atoms with E-state index < -0.39 is 0 Å². The highest BCUT2D eigenvalue weighted by molar-refractivity contribution is 4.49. The lowest BCUT2D eigenvalue weighted by Gasteiger charge is -2.02. The summed E-state index contributed by atoms with van der Waals surface area (Å²) in [5.41, 5.74) is 5.36. The second-order valence-electron chi connectivity index (χ2n) is 2.13. The lowest BCUT2D eigenvalue weighted by Crippen LogP contribution is -2.09. The van der Waals surface area contributed by atoms with E-state index in [1.807, 2.05) is 13.8 Å². The molecule has 0 aromatic rings. The molecule has 1 unspecified atom stereocenters. The van der Waals surface area contributed by atoms with Crippen LogP contribution in [0.2, 0.25) is 0 Å². The minimum Gasteiger partial charge on any atom is -0.330 e. The maximum Gasteiger partial charge on any atom is -0.00515 e. The van der Waals surface area contributed by atoms with Gasteiger partial charge in [0.05, 0.1) is 0 Å². The highest BCUT2D eigenvalue weighted by Gasteiger charge is 1.92. The van der Waals surface area contributed by atoms with E-state index >= 15 is 0 Å². The van der Waals surface area contributed by atoms with Gasteiger partial charge in [-0.05, 0) is 18.9 Å². The van der Waals surface area contributed by atoms with Gasteiger partial charge in [-0.3, -0.25) is 0 Å². The van der Waals surface area contributed by atoms with Crippen molar-refractivity contribution >= 4 is 0 Å². The first kappa shape index (κ1) is 11.7. The van der Waals surface area contributed by atoms with Gasteiger partial charge in [0, 0.05) is 0 Å². The van der Waals surface area contributed by atoms with E-state index in [2.05, 4.69) is 13.8 Å². The van der Waals surface area contributed by atoms with Gasteiger partial charge >= 0.3 is 0 Å². The van der Waals surface area contributed by atoms with Gasteiger partial charge in [-0.1, -0.05) is 34.1 Å². The minimum atomic E-state index is 0.727. The highest BCUT2D eigenvalue weighted by atomic mass is 14.5. The number of hydrogen-bond acceptors (Lipinski definition) is 1. The maximum absolute atomic E-state index is 5.36. The fourth-order valence-corrected chi connectivity index (χ4v) is 0.611. The molecule has 0 spiro atoms. The van der Waals surface area contributed by atoms with Crippen molar-refractivity contribution in [3.63, 3.8) is 0 Å². The Morgan fingerprint density at radius 1 is 1.33 bits per heavy atom. The van der Waals surface area contributed by atoms with Crippen molar-refractivity contribution in [3.8, 4) is 0 Å². The topological polar surface area (TPSA) is 26.0 Å². The van der Waals surface area contributed by atoms with Crippen LogP contribution in [0.4, 0.5) is 0 Å². The van der Waals surface area contributed by atoms with Crippen molar-refractivity contribution in [3.05, 3.63) is 0 Å². The first-order valence-corrected chi connectivity index (χ1v) is 4.01. The van der Waals surface area contributed by atoms with E-state index in [4.69, 9.17) is 5.73 Å². The summed E-state index contributed by atoms with van der Waals surface area (Å²) in [6, 6.07) is 0. The fraction of sp³-hybridized carbons (Fsp3) is 1.00. The predicted octanol–water partition coefficient (Wildman–Crippen LogP) is 2.41. The Labute approximate surface area is 59.6 Å². The van der Waals surface area contributed by atoms with Crippen LogP contribution >= 0.6 is 0 Å². The van der Waals surface area contributed by atoms with Crippen LogP contribution in [0.1, 0.15) is 40.5 Å². The normalized spacial score (nSPS) is 11.7. The van der Waals surface area contributed by atoms with Gasteiger partial charge in [0.1, 0.15) is 0 Å². The molecule has 0 aromatic heterocycles. The third-order valence-electron chi connectivity index (χ3n) is 1.18. The van der Waals surface area contributed by atoms with Gasteiger partial charge in [0.15, 0.2) is 0 Å². The minimum absolute atomic E-state index is 0.727. The predicted molar refractivity (Wildman–Crippen MR) is 44.5 cm³/mol. The molecule has 2 N–H and O–H groups in total. The van der Waals surface area contributed by atoms with Crippen LogP contribution in [-0.4, -0.2) is 6.54 Å². The summed E-state index contributed by atoms with van der Waals surface area (Å²) in [4.78, 5) is 0. The standard InChI is InChI=1S/C6H15N.C2H6/c1-3-4-6(2)5-7;1-2/h6H,3-5,7H2,1-2H3;1-2H3. The summed E-state index contributed by atoms with van der Waals surface area (Å²) in [6.07, 6.45) is 2.54. The van der Waals surface area contributed by atoms with Crippen LogP contribution in [0, 0.1) is 5.92 Å². The first-order valence-electron chi connectivity index (χ1n) is 4.01. The maximum atomic E-state index is 5.36. The van der Waals surface area contributed by atoms with Crippen molar-refractivity contribution in [1.29, 1.82) is 0 Å². The molecule has 0 aromatic carbocycles. The van der Waals surface area contributed by atoms with Crippen molar-refractivity contribution in [2.75, 3.05) is 6.54 Å². The molecule has 1 atom stereocenters. The van der Waals surface area contributed by atoms with Crippen molar-refractivity contribution < 1.29 is 0 Å². The van der Waals surface area contributed by atoms with Crippen LogP contribution in [0.25, 0.3) is 0 Å². The molecule has 0 rings (SSSR count). The van der Waals surface area contributed by atoms with Crippen molar-refractivity contribution in [1.82, 2.24) is 0 Å². The van der Waals surface area contributed by atoms with Gasteiger partial charge in [0.25, 0.3) is 0 Å². The molecule has 9 heavy (non-hydrogen) atoms. The Kier molecular flexibility index (Phi) is 14.1. The van der Waals surface area contributed by atoms with E-state index in [1.54, 1.807) is 0 Å². The Morgan fingerprint density at radius 2 is 1.78 bits per heavy atom. The first-order chi connectivity index (χ1) is 4.31. The summed E-state index contributed by atoms with van der Waals surface area (Å²) in [6.45, 7) is 9.21. The van der Waals surface area contributed by atoms with Gasteiger partial charge in [-0.15, -0.1) is 0 Å². The van der Waals surface area contributed by atoms with Crippen molar-refractivity contribution in [2.45, 2.75) is 40.5 Å². The summed E-state index contributed by atoms with van der Waals surface area (Å²) in [5, 5.41) is 0. The number of nitrogens with two attached hydrogens (primary N) is 1. The third-order valence-corrected chi connectivity index (χ3v) is 1.18. The van der Waals surface area contributed by atoms with Crippen LogP contribution in [0.3, 0.4) is 0 Å². The van der Waals surface area contributed by atoms with E-state index in [0.717, 1.165) is 12.5 Å². The van der Waals surface area contributed by atoms with Crippen LogP contribution < -0.4 is 5.73 Å². The molecule has 0 fully saturated rings. The lowest BCUT2D eigenvalue weighted by molar-refractivity contribution is 0.536. The number of rotatable bonds is 3.